The summed E-state index contributed by atoms with van der Waals surface area (Å²) in [6.07, 6.45) is 0. The second kappa shape index (κ2) is 15.4. The van der Waals surface area contributed by atoms with Crippen LogP contribution in [0.4, 0.5) is 5.69 Å². The summed E-state index contributed by atoms with van der Waals surface area (Å²) in [6, 6.07) is 14.7. The highest BCUT2D eigenvalue weighted by atomic mass is 32.2. The van der Waals surface area contributed by atoms with Gasteiger partial charge in [-0.05, 0) is 48.5 Å². The first kappa shape index (κ1) is 34.6. The molecule has 0 atom stereocenters. The number of benzene rings is 3. The molecule has 1 heterocycles. The Morgan fingerprint density at radius 2 is 1.39 bits per heavy atom. The van der Waals surface area contributed by atoms with Crippen LogP contribution >= 0.6 is 0 Å². The third-order valence-corrected chi connectivity index (χ3v) is 10.7. The first-order valence-corrected chi connectivity index (χ1v) is 17.0. The fourth-order valence-electron chi connectivity index (χ4n) is 4.59. The van der Waals surface area contributed by atoms with Crippen molar-refractivity contribution in [2.24, 2.45) is 0 Å². The second-order valence-corrected chi connectivity index (χ2v) is 13.6. The quantitative estimate of drug-likeness (QED) is 0.235. The van der Waals surface area contributed by atoms with Gasteiger partial charge in [-0.25, -0.2) is 16.8 Å². The number of rotatable bonds is 15. The van der Waals surface area contributed by atoms with Crippen molar-refractivity contribution in [1.82, 2.24) is 9.62 Å². The largest absolute Gasteiger partial charge is 0.497 e. The van der Waals surface area contributed by atoms with E-state index in [1.807, 2.05) is 0 Å². The van der Waals surface area contributed by atoms with Crippen LogP contribution in [0.5, 0.6) is 28.7 Å². The Kier molecular flexibility index (Phi) is 11.6. The number of carbonyl (C=O) groups is 1. The number of hydrogen-bond donors (Lipinski definition) is 1. The first-order chi connectivity index (χ1) is 22.0. The van der Waals surface area contributed by atoms with Gasteiger partial charge in [0, 0.05) is 25.2 Å². The van der Waals surface area contributed by atoms with Crippen molar-refractivity contribution in [3.05, 3.63) is 60.7 Å². The van der Waals surface area contributed by atoms with E-state index < -0.39 is 32.5 Å². The highest BCUT2D eigenvalue weighted by Gasteiger charge is 2.31. The van der Waals surface area contributed by atoms with Crippen molar-refractivity contribution >= 4 is 31.6 Å². The number of amides is 1. The van der Waals surface area contributed by atoms with Crippen molar-refractivity contribution in [2.75, 3.05) is 78.7 Å². The van der Waals surface area contributed by atoms with Gasteiger partial charge in [0.25, 0.3) is 10.0 Å². The summed E-state index contributed by atoms with van der Waals surface area (Å²) in [7, 11) is -2.36. The van der Waals surface area contributed by atoms with Crippen molar-refractivity contribution in [3.63, 3.8) is 0 Å². The Bertz CT molecular complexity index is 1710. The summed E-state index contributed by atoms with van der Waals surface area (Å²) in [5, 5.41) is 2.66. The number of nitrogens with one attached hydrogen (secondary N) is 1. The molecule has 0 unspecified atom stereocenters. The van der Waals surface area contributed by atoms with Gasteiger partial charge in [0.15, 0.2) is 11.5 Å². The monoisotopic (exact) mass is 679 g/mol. The average molecular weight is 680 g/mol. The van der Waals surface area contributed by atoms with Crippen LogP contribution in [0.15, 0.2) is 70.5 Å². The molecule has 1 amide bonds. The average Bonchev–Trinajstić information content (AvgIpc) is 3.08. The Morgan fingerprint density at radius 1 is 0.783 bits per heavy atom. The maximum absolute atomic E-state index is 14.0. The molecule has 1 fully saturated rings. The van der Waals surface area contributed by atoms with Crippen LogP contribution in [0, 0.1) is 0 Å². The topological polar surface area (TPSA) is 159 Å². The SMILES string of the molecule is COc1ccc(OC)c(N(CC(=O)NCCOc2ccc(S(=O)(=O)N3CCOCC3)cc2)S(=O)(=O)c2ccc(OC)c(OC)c2)c1. The number of anilines is 1. The maximum Gasteiger partial charge on any atom is 0.265 e. The van der Waals surface area contributed by atoms with E-state index in [1.165, 1.54) is 87.3 Å². The van der Waals surface area contributed by atoms with Gasteiger partial charge >= 0.3 is 0 Å². The molecule has 1 aliphatic rings. The molecule has 3 aromatic rings. The summed E-state index contributed by atoms with van der Waals surface area (Å²) < 4.78 is 88.1. The number of methoxy groups -OCH3 is 4. The standard InChI is InChI=1S/C30H37N3O11S2/c1-39-23-7-11-27(40-2)26(19-23)33(46(37,38)25-10-12-28(41-3)29(20-25)42-4)21-30(34)31-13-16-44-22-5-8-24(9-6-22)45(35,36)32-14-17-43-18-15-32/h5-12,19-20H,13-18,21H2,1-4H3,(H,31,34). The number of ether oxygens (including phenoxy) is 6. The smallest absolute Gasteiger partial charge is 0.265 e. The normalized spacial score (nSPS) is 13.8. The number of carbonyl (C=O) groups excluding carboxylic acids is 1. The zero-order chi connectivity index (χ0) is 33.3. The molecule has 0 spiro atoms. The lowest BCUT2D eigenvalue weighted by Gasteiger charge is -2.26. The fourth-order valence-corrected chi connectivity index (χ4v) is 7.43. The predicted octanol–water partition coefficient (Wildman–Crippen LogP) is 2.13. The minimum atomic E-state index is -4.35. The maximum atomic E-state index is 14.0. The van der Waals surface area contributed by atoms with Crippen molar-refractivity contribution in [2.45, 2.75) is 9.79 Å². The van der Waals surface area contributed by atoms with E-state index in [4.69, 9.17) is 28.4 Å². The molecule has 0 bridgehead atoms. The second-order valence-electron chi connectivity index (χ2n) is 9.75. The lowest BCUT2D eigenvalue weighted by molar-refractivity contribution is -0.119. The molecule has 0 aliphatic carbocycles. The number of nitrogens with zero attached hydrogens (tertiary/aromatic N) is 2. The molecule has 1 N–H and O–H groups in total. The Labute approximate surface area is 268 Å². The predicted molar refractivity (Wildman–Crippen MR) is 168 cm³/mol. The summed E-state index contributed by atoms with van der Waals surface area (Å²) in [4.78, 5) is 13.1. The van der Waals surface area contributed by atoms with Gasteiger partial charge in [0.2, 0.25) is 15.9 Å². The van der Waals surface area contributed by atoms with Crippen LogP contribution in [0.2, 0.25) is 0 Å². The molecule has 16 heteroatoms. The molecular formula is C30H37N3O11S2. The Hall–Kier alpha value is -4.25. The Morgan fingerprint density at radius 3 is 2.02 bits per heavy atom. The number of morpholine rings is 1. The minimum Gasteiger partial charge on any atom is -0.497 e. The van der Waals surface area contributed by atoms with Gasteiger partial charge in [-0.15, -0.1) is 0 Å². The Balaban J connectivity index is 1.46. The lowest BCUT2D eigenvalue weighted by atomic mass is 10.2. The van der Waals surface area contributed by atoms with E-state index in [-0.39, 0.29) is 53.2 Å². The van der Waals surface area contributed by atoms with E-state index in [9.17, 15) is 21.6 Å². The number of hydrogen-bond acceptors (Lipinski definition) is 11. The van der Waals surface area contributed by atoms with E-state index in [0.29, 0.717) is 30.5 Å². The zero-order valence-corrected chi connectivity index (χ0v) is 27.6. The third kappa shape index (κ3) is 7.93. The molecule has 4 rings (SSSR count). The summed E-state index contributed by atoms with van der Waals surface area (Å²) in [6.45, 7) is 0.737. The zero-order valence-electron chi connectivity index (χ0n) is 25.9. The van der Waals surface area contributed by atoms with E-state index in [1.54, 1.807) is 6.07 Å². The van der Waals surface area contributed by atoms with E-state index in [0.717, 1.165) is 4.31 Å². The summed E-state index contributed by atoms with van der Waals surface area (Å²) in [5.41, 5.74) is 0.0788. The molecule has 3 aromatic carbocycles. The van der Waals surface area contributed by atoms with Crippen LogP contribution in [-0.2, 0) is 29.6 Å². The highest BCUT2D eigenvalue weighted by Crippen LogP contribution is 2.37. The highest BCUT2D eigenvalue weighted by molar-refractivity contribution is 7.93. The van der Waals surface area contributed by atoms with Gasteiger partial charge in [0.1, 0.15) is 30.4 Å². The van der Waals surface area contributed by atoms with Gasteiger partial charge in [0.05, 0.1) is 63.7 Å². The van der Waals surface area contributed by atoms with Crippen LogP contribution < -0.4 is 33.3 Å². The molecule has 46 heavy (non-hydrogen) atoms. The molecule has 0 radical (unpaired) electrons. The van der Waals surface area contributed by atoms with Gasteiger partial charge in [-0.3, -0.25) is 9.10 Å². The lowest BCUT2D eigenvalue weighted by Crippen LogP contribution is -2.42. The van der Waals surface area contributed by atoms with Crippen LogP contribution in [-0.4, -0.2) is 101 Å². The van der Waals surface area contributed by atoms with Gasteiger partial charge in [-0.2, -0.15) is 4.31 Å². The number of sulfonamides is 2. The molecule has 1 saturated heterocycles. The van der Waals surface area contributed by atoms with E-state index in [2.05, 4.69) is 5.32 Å². The molecule has 0 saturated carbocycles. The van der Waals surface area contributed by atoms with Crippen LogP contribution in [0.1, 0.15) is 0 Å². The molecule has 250 valence electrons. The molecule has 14 nitrogen and oxygen atoms in total. The summed E-state index contributed by atoms with van der Waals surface area (Å²) in [5.74, 6) is 0.840. The third-order valence-electron chi connectivity index (χ3n) is 7.01. The van der Waals surface area contributed by atoms with Crippen LogP contribution in [0.3, 0.4) is 0 Å². The van der Waals surface area contributed by atoms with Crippen molar-refractivity contribution in [1.29, 1.82) is 0 Å². The van der Waals surface area contributed by atoms with Gasteiger partial charge in [-0.1, -0.05) is 0 Å². The fraction of sp³-hybridized carbons (Fsp3) is 0.367. The summed E-state index contributed by atoms with van der Waals surface area (Å²) >= 11 is 0. The van der Waals surface area contributed by atoms with Crippen LogP contribution in [0.25, 0.3) is 0 Å². The van der Waals surface area contributed by atoms with Crippen molar-refractivity contribution in [3.8, 4) is 28.7 Å². The molecule has 0 aromatic heterocycles. The molecule has 1 aliphatic heterocycles. The molecular weight excluding hydrogens is 642 g/mol. The first-order valence-electron chi connectivity index (χ1n) is 14.1. The van der Waals surface area contributed by atoms with Crippen molar-refractivity contribution < 1.29 is 50.1 Å². The minimum absolute atomic E-state index is 0.0339. The van der Waals surface area contributed by atoms with Gasteiger partial charge < -0.3 is 33.7 Å². The van der Waals surface area contributed by atoms with E-state index >= 15 is 0 Å².